The molecule has 1 N–H and O–H groups in total. The highest BCUT2D eigenvalue weighted by Gasteiger charge is 2.31. The van der Waals surface area contributed by atoms with Crippen molar-refractivity contribution in [1.82, 2.24) is 10.3 Å². The van der Waals surface area contributed by atoms with Gasteiger partial charge in [-0.25, -0.2) is 5.43 Å². The van der Waals surface area contributed by atoms with E-state index in [0.29, 0.717) is 5.76 Å². The third-order valence-corrected chi connectivity index (χ3v) is 6.74. The van der Waals surface area contributed by atoms with E-state index in [4.69, 9.17) is 4.42 Å². The molecule has 0 bridgehead atoms. The number of carbonyl (C=O) groups excluding carboxylic acids is 2. The molecule has 1 fully saturated rings. The van der Waals surface area contributed by atoms with Gasteiger partial charge in [0.2, 0.25) is 0 Å². The second-order valence-electron chi connectivity index (χ2n) is 9.00. The number of furan rings is 1. The summed E-state index contributed by atoms with van der Waals surface area (Å²) in [4.78, 5) is 28.2. The number of aryl methyl sites for hydroxylation is 1. The lowest BCUT2D eigenvalue weighted by Gasteiger charge is -2.18. The van der Waals surface area contributed by atoms with Crippen molar-refractivity contribution in [3.63, 3.8) is 0 Å². The second-order valence-corrected chi connectivity index (χ2v) is 9.00. The van der Waals surface area contributed by atoms with E-state index in [2.05, 4.69) is 10.5 Å². The lowest BCUT2D eigenvalue weighted by Crippen LogP contribution is -2.28. The SMILES string of the molecule is Cc1c(C(=O)N2CCCC2)oc2c1/C(=N/NC(=O)C(c1ccccc1)c1ccccc1)CCC2. The first-order valence-corrected chi connectivity index (χ1v) is 12.0. The molecule has 0 atom stereocenters. The number of nitrogens with one attached hydrogen (secondary N) is 1. The Morgan fingerprint density at radius 1 is 0.912 bits per heavy atom. The molecule has 1 aromatic heterocycles. The van der Waals surface area contributed by atoms with Crippen LogP contribution in [0.3, 0.4) is 0 Å². The van der Waals surface area contributed by atoms with Crippen LogP contribution in [-0.2, 0) is 11.2 Å². The summed E-state index contributed by atoms with van der Waals surface area (Å²) in [5, 5.41) is 4.56. The molecule has 6 nitrogen and oxygen atoms in total. The average molecular weight is 456 g/mol. The summed E-state index contributed by atoms with van der Waals surface area (Å²) < 4.78 is 6.05. The Morgan fingerprint density at radius 2 is 1.53 bits per heavy atom. The summed E-state index contributed by atoms with van der Waals surface area (Å²) in [6, 6.07) is 19.5. The van der Waals surface area contributed by atoms with Crippen molar-refractivity contribution in [2.45, 2.75) is 44.9 Å². The van der Waals surface area contributed by atoms with Gasteiger partial charge < -0.3 is 9.32 Å². The highest BCUT2D eigenvalue weighted by molar-refractivity contribution is 6.07. The molecule has 1 aliphatic heterocycles. The van der Waals surface area contributed by atoms with Gasteiger partial charge in [0.25, 0.3) is 11.8 Å². The van der Waals surface area contributed by atoms with Crippen LogP contribution in [0.25, 0.3) is 0 Å². The minimum absolute atomic E-state index is 0.0407. The number of benzene rings is 2. The first kappa shape index (κ1) is 22.1. The number of likely N-dealkylation sites (tertiary alicyclic amines) is 1. The molecule has 0 unspecified atom stereocenters. The van der Waals surface area contributed by atoms with Crippen molar-refractivity contribution in [3.8, 4) is 0 Å². The van der Waals surface area contributed by atoms with Crippen molar-refractivity contribution in [2.24, 2.45) is 5.10 Å². The van der Waals surface area contributed by atoms with Crippen LogP contribution in [0.2, 0.25) is 0 Å². The van der Waals surface area contributed by atoms with Gasteiger partial charge in [-0.2, -0.15) is 5.10 Å². The van der Waals surface area contributed by atoms with Gasteiger partial charge in [-0.15, -0.1) is 0 Å². The molecule has 174 valence electrons. The van der Waals surface area contributed by atoms with E-state index in [-0.39, 0.29) is 11.8 Å². The Kier molecular flexibility index (Phi) is 6.30. The number of fused-ring (bicyclic) bond motifs is 1. The Labute approximate surface area is 199 Å². The zero-order valence-electron chi connectivity index (χ0n) is 19.4. The van der Waals surface area contributed by atoms with Gasteiger partial charge in [-0.05, 0) is 43.7 Å². The van der Waals surface area contributed by atoms with E-state index in [0.717, 1.165) is 78.9 Å². The number of hydrogen-bond donors (Lipinski definition) is 1. The zero-order valence-corrected chi connectivity index (χ0v) is 19.4. The molecule has 2 aromatic carbocycles. The summed E-state index contributed by atoms with van der Waals surface area (Å²) in [5.74, 6) is 0.515. The quantitative estimate of drug-likeness (QED) is 0.561. The van der Waals surface area contributed by atoms with E-state index < -0.39 is 5.92 Å². The monoisotopic (exact) mass is 455 g/mol. The molecule has 2 aliphatic rings. The van der Waals surface area contributed by atoms with Crippen LogP contribution in [0.5, 0.6) is 0 Å². The van der Waals surface area contributed by atoms with Crippen LogP contribution in [-0.4, -0.2) is 35.5 Å². The fourth-order valence-corrected chi connectivity index (χ4v) is 5.02. The van der Waals surface area contributed by atoms with Crippen molar-refractivity contribution in [3.05, 3.63) is 94.4 Å². The molecule has 2 amide bonds. The zero-order chi connectivity index (χ0) is 23.5. The smallest absolute Gasteiger partial charge is 0.289 e. The molecule has 0 radical (unpaired) electrons. The predicted octanol–water partition coefficient (Wildman–Crippen LogP) is 4.81. The fraction of sp³-hybridized carbons (Fsp3) is 0.321. The molecule has 0 saturated carbocycles. The summed E-state index contributed by atoms with van der Waals surface area (Å²) in [6.07, 6.45) is 4.44. The van der Waals surface area contributed by atoms with Gasteiger partial charge >= 0.3 is 0 Å². The van der Waals surface area contributed by atoms with Crippen molar-refractivity contribution in [1.29, 1.82) is 0 Å². The molecule has 1 saturated heterocycles. The Hall–Kier alpha value is -3.67. The Bertz CT molecular complexity index is 1170. The van der Waals surface area contributed by atoms with Gasteiger partial charge in [0, 0.05) is 30.6 Å². The number of carbonyl (C=O) groups is 2. The van der Waals surface area contributed by atoms with Crippen LogP contribution in [0.4, 0.5) is 0 Å². The number of hydrazone groups is 1. The summed E-state index contributed by atoms with van der Waals surface area (Å²) in [7, 11) is 0. The van der Waals surface area contributed by atoms with Crippen molar-refractivity contribution < 1.29 is 14.0 Å². The van der Waals surface area contributed by atoms with Crippen molar-refractivity contribution >= 4 is 17.5 Å². The van der Waals surface area contributed by atoms with Crippen LogP contribution >= 0.6 is 0 Å². The van der Waals surface area contributed by atoms with Gasteiger partial charge in [0.05, 0.1) is 11.6 Å². The molecule has 0 spiro atoms. The third kappa shape index (κ3) is 4.28. The number of amides is 2. The number of hydrogen-bond acceptors (Lipinski definition) is 4. The lowest BCUT2D eigenvalue weighted by molar-refractivity contribution is -0.121. The second kappa shape index (κ2) is 9.67. The van der Waals surface area contributed by atoms with E-state index in [1.165, 1.54) is 0 Å². The topological polar surface area (TPSA) is 74.9 Å². The van der Waals surface area contributed by atoms with Gasteiger partial charge in [-0.3, -0.25) is 9.59 Å². The maximum absolute atomic E-state index is 13.4. The minimum atomic E-state index is -0.465. The highest BCUT2D eigenvalue weighted by atomic mass is 16.4. The van der Waals surface area contributed by atoms with Crippen LogP contribution in [0.1, 0.15) is 70.2 Å². The van der Waals surface area contributed by atoms with E-state index in [9.17, 15) is 9.59 Å². The van der Waals surface area contributed by atoms with Gasteiger partial charge in [0.1, 0.15) is 5.76 Å². The number of rotatable bonds is 5. The first-order chi connectivity index (χ1) is 16.6. The average Bonchev–Trinajstić information content (AvgIpc) is 3.53. The maximum Gasteiger partial charge on any atom is 0.289 e. The van der Waals surface area contributed by atoms with Gasteiger partial charge in [-0.1, -0.05) is 60.7 Å². The fourth-order valence-electron chi connectivity index (χ4n) is 5.02. The third-order valence-electron chi connectivity index (χ3n) is 6.74. The van der Waals surface area contributed by atoms with E-state index in [1.54, 1.807) is 0 Å². The van der Waals surface area contributed by atoms with E-state index >= 15 is 0 Å². The largest absolute Gasteiger partial charge is 0.455 e. The molecular formula is C28H29N3O3. The predicted molar refractivity (Wildman–Crippen MR) is 131 cm³/mol. The Morgan fingerprint density at radius 3 is 2.15 bits per heavy atom. The Balaban J connectivity index is 1.42. The molecule has 34 heavy (non-hydrogen) atoms. The van der Waals surface area contributed by atoms with Gasteiger partial charge in [0.15, 0.2) is 5.76 Å². The first-order valence-electron chi connectivity index (χ1n) is 12.0. The molecule has 3 aromatic rings. The summed E-state index contributed by atoms with van der Waals surface area (Å²) in [6.45, 7) is 3.48. The maximum atomic E-state index is 13.4. The highest BCUT2D eigenvalue weighted by Crippen LogP contribution is 2.31. The lowest BCUT2D eigenvalue weighted by atomic mass is 9.90. The molecule has 5 rings (SSSR count). The summed E-state index contributed by atoms with van der Waals surface area (Å²) >= 11 is 0. The standard InChI is InChI=1S/C28H29N3O3/c1-19-24-22(15-10-16-23(24)34-26(19)28(33)31-17-8-9-18-31)29-30-27(32)25(20-11-4-2-5-12-20)21-13-6-3-7-14-21/h2-7,11-14,25H,8-10,15-18H2,1H3,(H,30,32)/b29-22+. The number of nitrogens with zero attached hydrogens (tertiary/aromatic N) is 2. The van der Waals surface area contributed by atoms with Crippen LogP contribution in [0.15, 0.2) is 70.2 Å². The summed E-state index contributed by atoms with van der Waals surface area (Å²) in [5.41, 5.74) is 7.12. The van der Waals surface area contributed by atoms with E-state index in [1.807, 2.05) is 72.5 Å². The van der Waals surface area contributed by atoms with Crippen LogP contribution in [0, 0.1) is 6.92 Å². The normalized spacial score (nSPS) is 16.6. The van der Waals surface area contributed by atoms with Crippen molar-refractivity contribution in [2.75, 3.05) is 13.1 Å². The molecule has 2 heterocycles. The molecular weight excluding hydrogens is 426 g/mol. The molecule has 1 aliphatic carbocycles. The minimum Gasteiger partial charge on any atom is -0.455 e. The molecule has 6 heteroatoms. The van der Waals surface area contributed by atoms with Crippen LogP contribution < -0.4 is 5.43 Å².